The van der Waals surface area contributed by atoms with Crippen LogP contribution in [0.15, 0.2) is 15.8 Å². The molecule has 102 valence electrons. The van der Waals surface area contributed by atoms with Crippen molar-refractivity contribution in [2.75, 3.05) is 6.61 Å². The molecule has 0 radical (unpaired) electrons. The molecule has 19 heavy (non-hydrogen) atoms. The predicted octanol–water partition coefficient (Wildman–Crippen LogP) is -1.68. The monoisotopic (exact) mass is 270 g/mol. The van der Waals surface area contributed by atoms with Crippen molar-refractivity contribution in [3.8, 4) is 12.3 Å². The van der Waals surface area contributed by atoms with Gasteiger partial charge in [-0.2, -0.15) is 4.39 Å². The number of rotatable bonds is 2. The van der Waals surface area contributed by atoms with Crippen LogP contribution in [0, 0.1) is 18.2 Å². The summed E-state index contributed by atoms with van der Waals surface area (Å²) in [7, 11) is 0. The molecule has 1 aliphatic rings. The molecule has 0 bridgehead atoms. The minimum Gasteiger partial charge on any atom is -0.392 e. The van der Waals surface area contributed by atoms with E-state index in [9.17, 15) is 24.2 Å². The first-order valence-electron chi connectivity index (χ1n) is 5.39. The number of nitrogens with zero attached hydrogens (tertiary/aromatic N) is 1. The van der Waals surface area contributed by atoms with Gasteiger partial charge in [0, 0.05) is 6.42 Å². The van der Waals surface area contributed by atoms with Crippen molar-refractivity contribution in [3.63, 3.8) is 0 Å². The van der Waals surface area contributed by atoms with E-state index >= 15 is 0 Å². The van der Waals surface area contributed by atoms with E-state index in [0.717, 1.165) is 4.57 Å². The zero-order valence-corrected chi connectivity index (χ0v) is 9.67. The number of aliphatic hydroxyl groups is 2. The van der Waals surface area contributed by atoms with E-state index in [1.807, 2.05) is 0 Å². The average molecular weight is 270 g/mol. The maximum absolute atomic E-state index is 13.2. The van der Waals surface area contributed by atoms with Crippen molar-refractivity contribution in [2.24, 2.45) is 0 Å². The fraction of sp³-hybridized carbons (Fsp3) is 0.455. The van der Waals surface area contributed by atoms with E-state index in [1.54, 1.807) is 4.98 Å². The molecular formula is C11H11FN2O5. The first-order chi connectivity index (χ1) is 8.93. The van der Waals surface area contributed by atoms with Gasteiger partial charge in [-0.05, 0) is 0 Å². The first kappa shape index (κ1) is 13.5. The van der Waals surface area contributed by atoms with Crippen LogP contribution in [0.1, 0.15) is 12.6 Å². The highest BCUT2D eigenvalue weighted by Crippen LogP contribution is 2.35. The second kappa shape index (κ2) is 4.62. The lowest BCUT2D eigenvalue weighted by Gasteiger charge is -2.23. The summed E-state index contributed by atoms with van der Waals surface area (Å²) in [6.07, 6.45) is 3.46. The first-order valence-corrected chi connectivity index (χ1v) is 5.39. The quantitative estimate of drug-likeness (QED) is 0.557. The van der Waals surface area contributed by atoms with Crippen molar-refractivity contribution in [2.45, 2.75) is 24.4 Å². The maximum atomic E-state index is 13.2. The van der Waals surface area contributed by atoms with Crippen LogP contribution in [0.4, 0.5) is 4.39 Å². The highest BCUT2D eigenvalue weighted by Gasteiger charge is 2.47. The standard InChI is InChI=1S/C11H11FN2O5/c1-2-11(5-15)7(16)3-8(19-11)14-4-6(12)9(17)13-10(14)18/h1,4,7-8,15-16H,3,5H2,(H,13,17,18)/t7?,8-,11-/m0/s1. The van der Waals surface area contributed by atoms with E-state index in [4.69, 9.17) is 11.2 Å². The smallest absolute Gasteiger partial charge is 0.330 e. The molecule has 0 amide bonds. The third-order valence-corrected chi connectivity index (χ3v) is 3.02. The molecule has 2 rings (SSSR count). The van der Waals surface area contributed by atoms with Crippen LogP contribution in [0.25, 0.3) is 0 Å². The van der Waals surface area contributed by atoms with Gasteiger partial charge in [0.2, 0.25) is 5.82 Å². The molecular weight excluding hydrogens is 259 g/mol. The Kier molecular flexibility index (Phi) is 3.28. The molecule has 7 nitrogen and oxygen atoms in total. The van der Waals surface area contributed by atoms with E-state index in [2.05, 4.69) is 5.92 Å². The summed E-state index contributed by atoms with van der Waals surface area (Å²) in [4.78, 5) is 24.2. The van der Waals surface area contributed by atoms with Gasteiger partial charge in [-0.25, -0.2) is 4.79 Å². The van der Waals surface area contributed by atoms with Gasteiger partial charge in [-0.15, -0.1) is 6.42 Å². The molecule has 3 N–H and O–H groups in total. The molecule has 1 aromatic rings. The fourth-order valence-corrected chi connectivity index (χ4v) is 1.91. The Labute approximate surface area is 106 Å². The number of halogens is 1. The summed E-state index contributed by atoms with van der Waals surface area (Å²) in [5, 5.41) is 19.0. The molecule has 1 aromatic heterocycles. The van der Waals surface area contributed by atoms with Crippen LogP contribution in [-0.4, -0.2) is 38.1 Å². The van der Waals surface area contributed by atoms with Crippen LogP contribution >= 0.6 is 0 Å². The van der Waals surface area contributed by atoms with Crippen molar-refractivity contribution >= 4 is 0 Å². The summed E-state index contributed by atoms with van der Waals surface area (Å²) in [6.45, 7) is -0.651. The van der Waals surface area contributed by atoms with Gasteiger partial charge in [0.05, 0.1) is 12.8 Å². The zero-order valence-electron chi connectivity index (χ0n) is 9.67. The Morgan fingerprint density at radius 3 is 2.89 bits per heavy atom. The Morgan fingerprint density at radius 2 is 2.37 bits per heavy atom. The minimum absolute atomic E-state index is 0.115. The minimum atomic E-state index is -1.64. The molecule has 0 saturated carbocycles. The summed E-state index contributed by atoms with van der Waals surface area (Å²) < 4.78 is 19.2. The largest absolute Gasteiger partial charge is 0.392 e. The van der Waals surface area contributed by atoms with E-state index in [1.165, 1.54) is 0 Å². The number of hydrogen-bond donors (Lipinski definition) is 3. The van der Waals surface area contributed by atoms with Gasteiger partial charge in [-0.1, -0.05) is 5.92 Å². The molecule has 0 spiro atoms. The number of aliphatic hydroxyl groups excluding tert-OH is 2. The van der Waals surface area contributed by atoms with E-state index < -0.39 is 41.6 Å². The Bertz CT molecular complexity index is 646. The van der Waals surface area contributed by atoms with Crippen molar-refractivity contribution in [1.82, 2.24) is 9.55 Å². The molecule has 3 atom stereocenters. The van der Waals surface area contributed by atoms with Crippen molar-refractivity contribution < 1.29 is 19.3 Å². The van der Waals surface area contributed by atoms with Crippen molar-refractivity contribution in [3.05, 3.63) is 32.9 Å². The number of aromatic amines is 1. The number of ether oxygens (including phenoxy) is 1. The zero-order chi connectivity index (χ0) is 14.2. The molecule has 1 aliphatic heterocycles. The van der Waals surface area contributed by atoms with E-state index in [-0.39, 0.29) is 6.42 Å². The second-order valence-corrected chi connectivity index (χ2v) is 4.16. The predicted molar refractivity (Wildman–Crippen MR) is 60.7 cm³/mol. The Morgan fingerprint density at radius 1 is 1.68 bits per heavy atom. The number of terminal acetylenes is 1. The molecule has 8 heteroatoms. The molecule has 0 aromatic carbocycles. The number of aromatic nitrogens is 2. The summed E-state index contributed by atoms with van der Waals surface area (Å²) in [5.41, 5.74) is -3.68. The van der Waals surface area contributed by atoms with Gasteiger partial charge in [-0.3, -0.25) is 14.3 Å². The highest BCUT2D eigenvalue weighted by molar-refractivity contribution is 5.16. The lowest BCUT2D eigenvalue weighted by atomic mass is 9.99. The van der Waals surface area contributed by atoms with Gasteiger partial charge in [0.25, 0.3) is 5.56 Å². The maximum Gasteiger partial charge on any atom is 0.330 e. The van der Waals surface area contributed by atoms with Crippen LogP contribution in [-0.2, 0) is 4.74 Å². The molecule has 1 unspecified atom stereocenters. The lowest BCUT2D eigenvalue weighted by molar-refractivity contribution is -0.0914. The van der Waals surface area contributed by atoms with Crippen molar-refractivity contribution in [1.29, 1.82) is 0 Å². The van der Waals surface area contributed by atoms with Crippen LogP contribution in [0.5, 0.6) is 0 Å². The Hall–Kier alpha value is -1.95. The van der Waals surface area contributed by atoms with Gasteiger partial charge < -0.3 is 14.9 Å². The molecule has 1 saturated heterocycles. The molecule has 0 aliphatic carbocycles. The lowest BCUT2D eigenvalue weighted by Crippen LogP contribution is -2.41. The van der Waals surface area contributed by atoms with Gasteiger partial charge >= 0.3 is 5.69 Å². The Balaban J connectivity index is 2.42. The highest BCUT2D eigenvalue weighted by atomic mass is 19.1. The third-order valence-electron chi connectivity index (χ3n) is 3.02. The molecule has 1 fully saturated rings. The topological polar surface area (TPSA) is 105 Å². The normalized spacial score (nSPS) is 30.2. The van der Waals surface area contributed by atoms with Gasteiger partial charge in [0.15, 0.2) is 5.60 Å². The summed E-state index contributed by atoms with van der Waals surface area (Å²) in [5.74, 6) is 0.952. The average Bonchev–Trinajstić information content (AvgIpc) is 2.71. The van der Waals surface area contributed by atoms with Crippen LogP contribution < -0.4 is 11.2 Å². The SMILES string of the molecule is C#C[C@@]1(CO)O[C@H](n2cc(F)c(=O)[nH]c2=O)CC1O. The fourth-order valence-electron chi connectivity index (χ4n) is 1.91. The second-order valence-electron chi connectivity index (χ2n) is 4.16. The number of nitrogens with one attached hydrogen (secondary N) is 1. The number of hydrogen-bond acceptors (Lipinski definition) is 5. The van der Waals surface area contributed by atoms with Crippen LogP contribution in [0.3, 0.4) is 0 Å². The van der Waals surface area contributed by atoms with Crippen LogP contribution in [0.2, 0.25) is 0 Å². The van der Waals surface area contributed by atoms with E-state index in [0.29, 0.717) is 6.20 Å². The van der Waals surface area contributed by atoms with Gasteiger partial charge in [0.1, 0.15) is 12.3 Å². The summed E-state index contributed by atoms with van der Waals surface area (Å²) in [6, 6.07) is 0. The summed E-state index contributed by atoms with van der Waals surface area (Å²) >= 11 is 0. The molecule has 2 heterocycles. The number of H-pyrrole nitrogens is 1. The third kappa shape index (κ3) is 2.08.